The quantitative estimate of drug-likeness (QED) is 0.871. The molecular weight excluding hydrogens is 286 g/mol. The third kappa shape index (κ3) is 5.77. The largest absolute Gasteiger partial charge is 0.389 e. The Morgan fingerprint density at radius 1 is 1.29 bits per heavy atom. The van der Waals surface area contributed by atoms with E-state index in [9.17, 15) is 13.5 Å². The molecule has 0 saturated carbocycles. The Bertz CT molecular complexity index is 544. The number of nitrogens with zero attached hydrogens (tertiary/aromatic N) is 1. The third-order valence-corrected chi connectivity index (χ3v) is 5.07. The predicted octanol–water partition coefficient (Wildman–Crippen LogP) is 1.84. The summed E-state index contributed by atoms with van der Waals surface area (Å²) in [6.07, 6.45) is 4.07. The molecular formula is C16H25NO3S. The molecule has 0 aromatic heterocycles. The zero-order valence-electron chi connectivity index (χ0n) is 12.7. The summed E-state index contributed by atoms with van der Waals surface area (Å²) in [7, 11) is -2.94. The highest BCUT2D eigenvalue weighted by atomic mass is 32.2. The first-order valence-electron chi connectivity index (χ1n) is 7.53. The lowest BCUT2D eigenvalue weighted by Crippen LogP contribution is -2.47. The Morgan fingerprint density at radius 2 is 2.00 bits per heavy atom. The van der Waals surface area contributed by atoms with Crippen LogP contribution in [0.15, 0.2) is 30.3 Å². The zero-order valence-corrected chi connectivity index (χ0v) is 13.5. The van der Waals surface area contributed by atoms with Crippen LogP contribution in [0.3, 0.4) is 0 Å². The normalized spacial score (nSPS) is 24.1. The zero-order chi connectivity index (χ0) is 15.3. The van der Waals surface area contributed by atoms with Gasteiger partial charge in [0.2, 0.25) is 0 Å². The van der Waals surface area contributed by atoms with Gasteiger partial charge in [-0.15, -0.1) is 0 Å². The molecule has 0 radical (unpaired) electrons. The van der Waals surface area contributed by atoms with Gasteiger partial charge in [0.05, 0.1) is 5.60 Å². The van der Waals surface area contributed by atoms with Crippen LogP contribution in [0.4, 0.5) is 0 Å². The van der Waals surface area contributed by atoms with Gasteiger partial charge in [0.25, 0.3) is 0 Å². The lowest BCUT2D eigenvalue weighted by Gasteiger charge is -2.39. The Hall–Kier alpha value is -0.910. The van der Waals surface area contributed by atoms with Crippen molar-refractivity contribution in [2.24, 2.45) is 0 Å². The maximum absolute atomic E-state index is 11.2. The number of piperidine rings is 1. The van der Waals surface area contributed by atoms with E-state index in [0.717, 1.165) is 25.9 Å². The van der Waals surface area contributed by atoms with E-state index in [0.29, 0.717) is 19.4 Å². The van der Waals surface area contributed by atoms with Crippen molar-refractivity contribution in [3.8, 4) is 0 Å². The first-order valence-corrected chi connectivity index (χ1v) is 9.59. The van der Waals surface area contributed by atoms with Gasteiger partial charge in [-0.2, -0.15) is 0 Å². The number of likely N-dealkylation sites (tertiary alicyclic amines) is 1. The smallest absolute Gasteiger partial charge is 0.147 e. The number of hydrogen-bond donors (Lipinski definition) is 1. The summed E-state index contributed by atoms with van der Waals surface area (Å²) in [5.41, 5.74) is 0.510. The van der Waals surface area contributed by atoms with Gasteiger partial charge >= 0.3 is 0 Å². The highest BCUT2D eigenvalue weighted by Crippen LogP contribution is 2.27. The van der Waals surface area contributed by atoms with Gasteiger partial charge in [-0.25, -0.2) is 8.42 Å². The number of hydrogen-bond acceptors (Lipinski definition) is 4. The van der Waals surface area contributed by atoms with Crippen LogP contribution in [0, 0.1) is 0 Å². The highest BCUT2D eigenvalue weighted by molar-refractivity contribution is 7.90. The molecule has 0 bridgehead atoms. The van der Waals surface area contributed by atoms with Crippen LogP contribution in [0.5, 0.6) is 0 Å². The fraction of sp³-hybridized carbons (Fsp3) is 0.625. The van der Waals surface area contributed by atoms with Gasteiger partial charge in [0.1, 0.15) is 9.84 Å². The van der Waals surface area contributed by atoms with E-state index in [1.165, 1.54) is 11.8 Å². The molecule has 4 nitrogen and oxygen atoms in total. The highest BCUT2D eigenvalue weighted by Gasteiger charge is 2.32. The van der Waals surface area contributed by atoms with Crippen LogP contribution in [0.1, 0.15) is 31.2 Å². The standard InChI is InChI=1S/C16H25NO3S/c1-21(19,20)12-6-10-16(18)9-5-11-17(14-16)13-15-7-3-2-4-8-15/h2-4,7-8,18H,5-6,9-14H2,1H3. The topological polar surface area (TPSA) is 57.6 Å². The average Bonchev–Trinajstić information content (AvgIpc) is 2.38. The molecule has 1 fully saturated rings. The van der Waals surface area contributed by atoms with Crippen molar-refractivity contribution in [1.82, 2.24) is 4.90 Å². The molecule has 0 aliphatic carbocycles. The van der Waals surface area contributed by atoms with E-state index in [-0.39, 0.29) is 5.75 Å². The third-order valence-electron chi connectivity index (χ3n) is 4.04. The Balaban J connectivity index is 1.87. The fourth-order valence-electron chi connectivity index (χ4n) is 3.05. The fourth-order valence-corrected chi connectivity index (χ4v) is 3.72. The van der Waals surface area contributed by atoms with Crippen LogP contribution in [0.2, 0.25) is 0 Å². The molecule has 1 heterocycles. The van der Waals surface area contributed by atoms with Crippen molar-refractivity contribution in [3.05, 3.63) is 35.9 Å². The average molecular weight is 311 g/mol. The minimum atomic E-state index is -2.94. The van der Waals surface area contributed by atoms with E-state index < -0.39 is 15.4 Å². The number of aliphatic hydroxyl groups is 1. The van der Waals surface area contributed by atoms with Crippen molar-refractivity contribution in [3.63, 3.8) is 0 Å². The molecule has 118 valence electrons. The first kappa shape index (κ1) is 16.5. The van der Waals surface area contributed by atoms with Crippen LogP contribution in [-0.2, 0) is 16.4 Å². The van der Waals surface area contributed by atoms with E-state index >= 15 is 0 Å². The van der Waals surface area contributed by atoms with Crippen LogP contribution in [0.25, 0.3) is 0 Å². The molecule has 5 heteroatoms. The van der Waals surface area contributed by atoms with Crippen molar-refractivity contribution < 1.29 is 13.5 Å². The second kappa shape index (κ2) is 6.90. The van der Waals surface area contributed by atoms with Crippen LogP contribution >= 0.6 is 0 Å². The first-order chi connectivity index (χ1) is 9.86. The number of benzene rings is 1. The molecule has 21 heavy (non-hydrogen) atoms. The summed E-state index contributed by atoms with van der Waals surface area (Å²) < 4.78 is 22.4. The summed E-state index contributed by atoms with van der Waals surface area (Å²) in [5, 5.41) is 10.7. The van der Waals surface area contributed by atoms with E-state index in [4.69, 9.17) is 0 Å². The second-order valence-electron chi connectivity index (χ2n) is 6.26. The van der Waals surface area contributed by atoms with Crippen molar-refractivity contribution in [2.75, 3.05) is 25.1 Å². The van der Waals surface area contributed by atoms with Gasteiger partial charge in [-0.3, -0.25) is 4.90 Å². The summed E-state index contributed by atoms with van der Waals surface area (Å²) in [6, 6.07) is 10.2. The molecule has 0 spiro atoms. The molecule has 0 amide bonds. The van der Waals surface area contributed by atoms with Gasteiger partial charge in [-0.05, 0) is 37.8 Å². The Kier molecular flexibility index (Phi) is 5.41. The maximum Gasteiger partial charge on any atom is 0.147 e. The van der Waals surface area contributed by atoms with Crippen LogP contribution in [-0.4, -0.2) is 49.1 Å². The second-order valence-corrected chi connectivity index (χ2v) is 8.52. The Morgan fingerprint density at radius 3 is 2.67 bits per heavy atom. The van der Waals surface area contributed by atoms with E-state index in [1.54, 1.807) is 0 Å². The van der Waals surface area contributed by atoms with Gasteiger partial charge in [0, 0.05) is 25.1 Å². The minimum Gasteiger partial charge on any atom is -0.389 e. The maximum atomic E-state index is 11.2. The van der Waals surface area contributed by atoms with E-state index in [2.05, 4.69) is 17.0 Å². The summed E-state index contributed by atoms with van der Waals surface area (Å²) >= 11 is 0. The van der Waals surface area contributed by atoms with Gasteiger partial charge in [-0.1, -0.05) is 30.3 Å². The van der Waals surface area contributed by atoms with E-state index in [1.807, 2.05) is 18.2 Å². The molecule has 1 unspecified atom stereocenters. The van der Waals surface area contributed by atoms with Crippen LogP contribution < -0.4 is 0 Å². The molecule has 1 saturated heterocycles. The van der Waals surface area contributed by atoms with Crippen molar-refractivity contribution in [1.29, 1.82) is 0 Å². The molecule has 1 aromatic rings. The lowest BCUT2D eigenvalue weighted by molar-refractivity contribution is -0.0395. The van der Waals surface area contributed by atoms with Crippen molar-refractivity contribution in [2.45, 2.75) is 37.8 Å². The SMILES string of the molecule is CS(=O)(=O)CCCC1(O)CCCN(Cc2ccccc2)C1. The summed E-state index contributed by atoms with van der Waals surface area (Å²) in [6.45, 7) is 2.46. The predicted molar refractivity (Wildman–Crippen MR) is 84.8 cm³/mol. The molecule has 1 atom stereocenters. The molecule has 1 N–H and O–H groups in total. The molecule has 1 aliphatic rings. The minimum absolute atomic E-state index is 0.161. The number of sulfone groups is 1. The van der Waals surface area contributed by atoms with Crippen molar-refractivity contribution >= 4 is 9.84 Å². The van der Waals surface area contributed by atoms with Gasteiger partial charge in [0.15, 0.2) is 0 Å². The number of β-amino-alcohol motifs (C(OH)–C–C–N with tert-alkyl or cyclic N) is 1. The summed E-state index contributed by atoms with van der Waals surface area (Å²) in [4.78, 5) is 2.26. The Labute approximate surface area is 127 Å². The van der Waals surface area contributed by atoms with Gasteiger partial charge < -0.3 is 5.11 Å². The summed E-state index contributed by atoms with van der Waals surface area (Å²) in [5.74, 6) is 0.161. The number of rotatable bonds is 6. The molecule has 2 rings (SSSR count). The molecule has 1 aliphatic heterocycles. The monoisotopic (exact) mass is 311 g/mol. The lowest BCUT2D eigenvalue weighted by atomic mass is 9.88. The molecule has 1 aromatic carbocycles.